The average molecular weight is 609 g/mol. The molecule has 1 fully saturated rings. The number of aliphatic carboxylic acids is 1. The summed E-state index contributed by atoms with van der Waals surface area (Å²) in [5.74, 6) is -2.95. The molecule has 0 spiro atoms. The molecule has 0 saturated heterocycles. The minimum atomic E-state index is -1.51. The monoisotopic (exact) mass is 608 g/mol. The lowest BCUT2D eigenvalue weighted by Gasteiger charge is -2.30. The molecule has 6 N–H and O–H groups in total. The van der Waals surface area contributed by atoms with E-state index < -0.39 is 60.4 Å². The van der Waals surface area contributed by atoms with Crippen molar-refractivity contribution in [1.29, 1.82) is 0 Å². The summed E-state index contributed by atoms with van der Waals surface area (Å²) in [6.07, 6.45) is 14.0. The van der Waals surface area contributed by atoms with Crippen LogP contribution in [0.4, 0.5) is 0 Å². The van der Waals surface area contributed by atoms with Gasteiger partial charge in [-0.2, -0.15) is 0 Å². The summed E-state index contributed by atoms with van der Waals surface area (Å²) in [4.78, 5) is 23.2. The van der Waals surface area contributed by atoms with E-state index >= 15 is 0 Å². The van der Waals surface area contributed by atoms with Crippen LogP contribution in [0.1, 0.15) is 52.9 Å². The average Bonchev–Trinajstić information content (AvgIpc) is 2.95. The standard InChI is InChI=1S/C32H45ClO9/c1-4-5-6-7-14-24(34)20-27(36)31(39)30(38)22(3)25(33)15-10-8-12-21(2)13-9-11-16-29(37)42-28-19-23(32(40)41)17-18-26(28)35/h5-16,22-24,26-28,30-31,34-36,38-39H,4,17-20H2,1-3H3,(H,40,41)/b6-5+,10-8+,13-9+,14-7+,16-11+,21-12+,25-15-. The molecule has 8 unspecified atom stereocenters. The van der Waals surface area contributed by atoms with Gasteiger partial charge in [0.2, 0.25) is 0 Å². The molecule has 1 aliphatic rings. The highest BCUT2D eigenvalue weighted by Gasteiger charge is 2.35. The van der Waals surface area contributed by atoms with Crippen molar-refractivity contribution in [3.05, 3.63) is 83.5 Å². The molecule has 0 aliphatic heterocycles. The zero-order valence-electron chi connectivity index (χ0n) is 24.4. The molecule has 0 heterocycles. The van der Waals surface area contributed by atoms with Crippen molar-refractivity contribution in [2.75, 3.05) is 0 Å². The molecule has 0 bridgehead atoms. The molecular formula is C32H45ClO9. The van der Waals surface area contributed by atoms with E-state index in [0.717, 1.165) is 12.0 Å². The number of carbonyl (C=O) groups is 2. The second-order valence-corrected chi connectivity index (χ2v) is 10.8. The van der Waals surface area contributed by atoms with Gasteiger partial charge in [0.15, 0.2) is 0 Å². The van der Waals surface area contributed by atoms with Crippen LogP contribution in [-0.4, -0.2) is 79.2 Å². The maximum Gasteiger partial charge on any atom is 0.331 e. The maximum atomic E-state index is 12.0. The third-order valence-electron chi connectivity index (χ3n) is 6.79. The first-order chi connectivity index (χ1) is 19.9. The van der Waals surface area contributed by atoms with Crippen molar-refractivity contribution in [3.8, 4) is 0 Å². The van der Waals surface area contributed by atoms with Crippen molar-refractivity contribution < 1.29 is 45.0 Å². The number of allylic oxidation sites excluding steroid dienone is 11. The predicted molar refractivity (Wildman–Crippen MR) is 162 cm³/mol. The van der Waals surface area contributed by atoms with Crippen molar-refractivity contribution >= 4 is 23.5 Å². The third-order valence-corrected chi connectivity index (χ3v) is 7.26. The van der Waals surface area contributed by atoms with Gasteiger partial charge in [-0.25, -0.2) is 4.79 Å². The Morgan fingerprint density at radius 2 is 1.62 bits per heavy atom. The van der Waals surface area contributed by atoms with E-state index in [4.69, 9.17) is 21.4 Å². The molecule has 10 heteroatoms. The minimum Gasteiger partial charge on any atom is -0.481 e. The second-order valence-electron chi connectivity index (χ2n) is 10.3. The van der Waals surface area contributed by atoms with Gasteiger partial charge in [0.1, 0.15) is 12.2 Å². The number of ether oxygens (including phenoxy) is 1. The van der Waals surface area contributed by atoms with Crippen molar-refractivity contribution in [1.82, 2.24) is 0 Å². The Morgan fingerprint density at radius 1 is 0.952 bits per heavy atom. The molecule has 234 valence electrons. The van der Waals surface area contributed by atoms with Crippen LogP contribution in [-0.2, 0) is 14.3 Å². The van der Waals surface area contributed by atoms with Crippen LogP contribution in [0.3, 0.4) is 0 Å². The third kappa shape index (κ3) is 14.4. The summed E-state index contributed by atoms with van der Waals surface area (Å²) in [7, 11) is 0. The Bertz CT molecular complexity index is 1060. The summed E-state index contributed by atoms with van der Waals surface area (Å²) in [5.41, 5.74) is 0.838. The summed E-state index contributed by atoms with van der Waals surface area (Å²) in [6.45, 7) is 5.42. The van der Waals surface area contributed by atoms with Crippen molar-refractivity contribution in [2.24, 2.45) is 11.8 Å². The van der Waals surface area contributed by atoms with Crippen LogP contribution < -0.4 is 0 Å². The number of esters is 1. The van der Waals surface area contributed by atoms with Gasteiger partial charge < -0.3 is 35.4 Å². The van der Waals surface area contributed by atoms with E-state index in [1.165, 1.54) is 18.2 Å². The number of halogens is 1. The molecule has 1 aliphatic carbocycles. The summed E-state index contributed by atoms with van der Waals surface area (Å²) >= 11 is 6.29. The van der Waals surface area contributed by atoms with Gasteiger partial charge >= 0.3 is 11.9 Å². The molecule has 9 nitrogen and oxygen atoms in total. The van der Waals surface area contributed by atoms with E-state index in [1.54, 1.807) is 55.5 Å². The van der Waals surface area contributed by atoms with E-state index in [0.29, 0.717) is 6.42 Å². The van der Waals surface area contributed by atoms with Gasteiger partial charge in [-0.3, -0.25) is 4.79 Å². The van der Waals surface area contributed by atoms with Crippen molar-refractivity contribution in [2.45, 2.75) is 89.5 Å². The Labute approximate surface area is 253 Å². The number of carbonyl (C=O) groups excluding carboxylic acids is 1. The fraction of sp³-hybridized carbons (Fsp3) is 0.500. The van der Waals surface area contributed by atoms with Crippen LogP contribution in [0, 0.1) is 11.8 Å². The van der Waals surface area contributed by atoms with Gasteiger partial charge in [0.05, 0.1) is 30.3 Å². The van der Waals surface area contributed by atoms with E-state index in [-0.39, 0.29) is 24.3 Å². The van der Waals surface area contributed by atoms with Crippen LogP contribution in [0.15, 0.2) is 83.5 Å². The smallest absolute Gasteiger partial charge is 0.331 e. The number of rotatable bonds is 16. The zero-order chi connectivity index (χ0) is 31.7. The molecule has 0 amide bonds. The largest absolute Gasteiger partial charge is 0.481 e. The summed E-state index contributed by atoms with van der Waals surface area (Å²) in [6, 6.07) is 0. The molecule has 8 atom stereocenters. The highest BCUT2D eigenvalue weighted by Crippen LogP contribution is 2.27. The molecule has 0 aromatic heterocycles. The first-order valence-electron chi connectivity index (χ1n) is 14.1. The van der Waals surface area contributed by atoms with Gasteiger partial charge in [-0.05, 0) is 32.3 Å². The van der Waals surface area contributed by atoms with Gasteiger partial charge in [0.25, 0.3) is 0 Å². The normalized spacial score (nSPS) is 24.5. The van der Waals surface area contributed by atoms with Gasteiger partial charge in [-0.15, -0.1) is 0 Å². The van der Waals surface area contributed by atoms with Crippen LogP contribution in [0.2, 0.25) is 0 Å². The number of aliphatic hydroxyl groups is 5. The SMILES string of the molecule is CC/C=C/C=C/C(O)CC(O)C(O)C(O)C(C)/C(Cl)=C/C=C/C=C(C)/C=C/C=C/C(=O)OC1CC(C(=O)O)CCC1O. The Kier molecular flexibility index (Phi) is 17.9. The first kappa shape index (κ1) is 37.2. The summed E-state index contributed by atoms with van der Waals surface area (Å²) in [5, 5.41) is 60.4. The lowest BCUT2D eigenvalue weighted by Crippen LogP contribution is -2.42. The second kappa shape index (κ2) is 20.2. The summed E-state index contributed by atoms with van der Waals surface area (Å²) < 4.78 is 5.21. The Hall–Kier alpha value is -2.79. The Morgan fingerprint density at radius 3 is 2.29 bits per heavy atom. The molecule has 0 aromatic rings. The highest BCUT2D eigenvalue weighted by atomic mass is 35.5. The highest BCUT2D eigenvalue weighted by molar-refractivity contribution is 6.30. The molecule has 1 rings (SSSR count). The molecule has 42 heavy (non-hydrogen) atoms. The fourth-order valence-corrected chi connectivity index (χ4v) is 4.32. The molecule has 0 aromatic carbocycles. The van der Waals surface area contributed by atoms with Crippen LogP contribution >= 0.6 is 11.6 Å². The Balaban J connectivity index is 2.56. The predicted octanol–water partition coefficient (Wildman–Crippen LogP) is 3.87. The number of carboxylic acids is 1. The topological polar surface area (TPSA) is 165 Å². The lowest BCUT2D eigenvalue weighted by molar-refractivity contribution is -0.159. The van der Waals surface area contributed by atoms with Gasteiger partial charge in [0, 0.05) is 29.9 Å². The van der Waals surface area contributed by atoms with Crippen molar-refractivity contribution in [3.63, 3.8) is 0 Å². The lowest BCUT2D eigenvalue weighted by atomic mass is 9.85. The van der Waals surface area contributed by atoms with Crippen LogP contribution in [0.25, 0.3) is 0 Å². The molecule has 1 saturated carbocycles. The molecular weight excluding hydrogens is 564 g/mol. The van der Waals surface area contributed by atoms with Gasteiger partial charge in [-0.1, -0.05) is 91.8 Å². The number of carboxylic acid groups (broad SMARTS) is 1. The maximum absolute atomic E-state index is 12.0. The number of hydrogen-bond donors (Lipinski definition) is 6. The number of hydrogen-bond acceptors (Lipinski definition) is 8. The van der Waals surface area contributed by atoms with E-state index in [9.17, 15) is 35.1 Å². The minimum absolute atomic E-state index is 0.0816. The quantitative estimate of drug-likeness (QED) is 0.0866. The first-order valence-corrected chi connectivity index (χ1v) is 14.5. The zero-order valence-corrected chi connectivity index (χ0v) is 25.1. The number of aliphatic hydroxyl groups excluding tert-OH is 5. The van der Waals surface area contributed by atoms with E-state index in [1.807, 2.05) is 19.9 Å². The van der Waals surface area contributed by atoms with Crippen LogP contribution in [0.5, 0.6) is 0 Å². The van der Waals surface area contributed by atoms with E-state index in [2.05, 4.69) is 0 Å². The fourth-order valence-electron chi connectivity index (χ4n) is 4.12. The molecule has 0 radical (unpaired) electrons.